The molecule has 1 heterocycles. The van der Waals surface area contributed by atoms with Crippen molar-refractivity contribution in [2.45, 2.75) is 19.8 Å². The molecule has 0 fully saturated rings. The summed E-state index contributed by atoms with van der Waals surface area (Å²) in [6, 6.07) is 6.90. The van der Waals surface area contributed by atoms with Crippen molar-refractivity contribution in [3.05, 3.63) is 36.2 Å². The van der Waals surface area contributed by atoms with Crippen molar-refractivity contribution in [1.29, 1.82) is 0 Å². The number of nitrogens with zero attached hydrogens (tertiary/aromatic N) is 3. The minimum absolute atomic E-state index is 0.372. The van der Waals surface area contributed by atoms with Crippen LogP contribution in [0.1, 0.15) is 30.1 Å². The first-order chi connectivity index (χ1) is 11.6. The van der Waals surface area contributed by atoms with Crippen LogP contribution in [0.2, 0.25) is 0 Å². The van der Waals surface area contributed by atoms with Crippen LogP contribution in [0.15, 0.2) is 30.6 Å². The van der Waals surface area contributed by atoms with Crippen molar-refractivity contribution in [2.75, 3.05) is 36.7 Å². The minimum Gasteiger partial charge on any atom is -0.465 e. The van der Waals surface area contributed by atoms with E-state index >= 15 is 0 Å². The van der Waals surface area contributed by atoms with Gasteiger partial charge >= 0.3 is 5.97 Å². The number of hydrogen-bond acceptors (Lipinski definition) is 7. The van der Waals surface area contributed by atoms with Crippen LogP contribution in [0.4, 0.5) is 23.0 Å². The molecule has 0 spiro atoms. The lowest BCUT2D eigenvalue weighted by atomic mass is 10.2. The average Bonchev–Trinajstić information content (AvgIpc) is 2.61. The molecule has 0 amide bonds. The van der Waals surface area contributed by atoms with E-state index in [0.29, 0.717) is 22.9 Å². The Morgan fingerprint density at radius 2 is 2.00 bits per heavy atom. The molecule has 0 atom stereocenters. The molecular weight excluding hydrogens is 306 g/mol. The number of rotatable bonds is 7. The standard InChI is InChI=1S/C17H23N5O2/c1-4-5-10-22(2)16-14(18)15(19-11-20-16)21-13-8-6-12(7-9-13)17(23)24-3/h6-9,11H,4-5,10,18H2,1-3H3,(H,19,20,21). The van der Waals surface area contributed by atoms with E-state index in [4.69, 9.17) is 5.73 Å². The minimum atomic E-state index is -0.372. The quantitative estimate of drug-likeness (QED) is 0.754. The number of nitrogens with one attached hydrogen (secondary N) is 1. The first kappa shape index (κ1) is 17.5. The molecular formula is C17H23N5O2. The number of anilines is 4. The number of nitrogen functional groups attached to an aromatic ring is 1. The fraction of sp³-hybridized carbons (Fsp3) is 0.353. The fourth-order valence-electron chi connectivity index (χ4n) is 2.24. The number of methoxy groups -OCH3 is 1. The summed E-state index contributed by atoms with van der Waals surface area (Å²) in [5, 5.41) is 3.15. The maximum Gasteiger partial charge on any atom is 0.337 e. The summed E-state index contributed by atoms with van der Waals surface area (Å²) in [6.07, 6.45) is 3.66. The Bertz CT molecular complexity index is 688. The van der Waals surface area contributed by atoms with Gasteiger partial charge in [0.25, 0.3) is 0 Å². The zero-order valence-electron chi connectivity index (χ0n) is 14.2. The summed E-state index contributed by atoms with van der Waals surface area (Å²) in [5.41, 5.74) is 7.95. The van der Waals surface area contributed by atoms with Gasteiger partial charge in [0.1, 0.15) is 12.0 Å². The SMILES string of the molecule is CCCCN(C)c1ncnc(Nc2ccc(C(=O)OC)cc2)c1N. The number of ether oxygens (including phenoxy) is 1. The van der Waals surface area contributed by atoms with Gasteiger partial charge in [0, 0.05) is 19.3 Å². The second-order valence-corrected chi connectivity index (χ2v) is 5.43. The van der Waals surface area contributed by atoms with Crippen molar-refractivity contribution >= 4 is 29.0 Å². The Balaban J connectivity index is 2.16. The molecule has 0 aliphatic heterocycles. The molecule has 128 valence electrons. The molecule has 0 saturated heterocycles. The third kappa shape index (κ3) is 4.13. The lowest BCUT2D eigenvalue weighted by molar-refractivity contribution is 0.0601. The zero-order valence-corrected chi connectivity index (χ0v) is 14.2. The summed E-state index contributed by atoms with van der Waals surface area (Å²) in [5.74, 6) is 0.865. The van der Waals surface area contributed by atoms with Crippen LogP contribution < -0.4 is 16.0 Å². The number of nitrogens with two attached hydrogens (primary N) is 1. The van der Waals surface area contributed by atoms with Crippen molar-refractivity contribution in [3.8, 4) is 0 Å². The van der Waals surface area contributed by atoms with Crippen molar-refractivity contribution in [2.24, 2.45) is 0 Å². The zero-order chi connectivity index (χ0) is 17.5. The lowest BCUT2D eigenvalue weighted by Gasteiger charge is -2.20. The molecule has 0 aliphatic carbocycles. The second-order valence-electron chi connectivity index (χ2n) is 5.43. The van der Waals surface area contributed by atoms with Crippen LogP contribution in [0.3, 0.4) is 0 Å². The van der Waals surface area contributed by atoms with Gasteiger partial charge in [0.05, 0.1) is 12.7 Å². The van der Waals surface area contributed by atoms with Crippen LogP contribution in [-0.4, -0.2) is 36.6 Å². The van der Waals surface area contributed by atoms with Gasteiger partial charge in [-0.05, 0) is 30.7 Å². The molecule has 0 saturated carbocycles. The first-order valence-electron chi connectivity index (χ1n) is 7.83. The highest BCUT2D eigenvalue weighted by atomic mass is 16.5. The normalized spacial score (nSPS) is 10.3. The number of unbranched alkanes of at least 4 members (excludes halogenated alkanes) is 1. The van der Waals surface area contributed by atoms with Gasteiger partial charge in [-0.25, -0.2) is 14.8 Å². The average molecular weight is 329 g/mol. The predicted octanol–water partition coefficient (Wildman–Crippen LogP) is 2.83. The fourth-order valence-corrected chi connectivity index (χ4v) is 2.24. The van der Waals surface area contributed by atoms with Crippen molar-refractivity contribution in [1.82, 2.24) is 9.97 Å². The Hall–Kier alpha value is -2.83. The summed E-state index contributed by atoms with van der Waals surface area (Å²) >= 11 is 0. The number of carbonyl (C=O) groups excluding carboxylic acids is 1. The molecule has 2 rings (SSSR count). The second kappa shape index (κ2) is 8.14. The van der Waals surface area contributed by atoms with Crippen molar-refractivity contribution < 1.29 is 9.53 Å². The number of esters is 1. The van der Waals surface area contributed by atoms with Crippen LogP contribution in [0.25, 0.3) is 0 Å². The van der Waals surface area contributed by atoms with Crippen LogP contribution in [0.5, 0.6) is 0 Å². The summed E-state index contributed by atoms with van der Waals surface area (Å²) in [4.78, 5) is 21.9. The molecule has 7 nitrogen and oxygen atoms in total. The molecule has 7 heteroatoms. The number of hydrogen-bond donors (Lipinski definition) is 2. The van der Waals surface area contributed by atoms with Gasteiger partial charge in [-0.15, -0.1) is 0 Å². The largest absolute Gasteiger partial charge is 0.465 e. The molecule has 1 aromatic carbocycles. The van der Waals surface area contributed by atoms with E-state index in [1.807, 2.05) is 11.9 Å². The van der Waals surface area contributed by atoms with E-state index in [1.165, 1.54) is 13.4 Å². The Morgan fingerprint density at radius 1 is 1.29 bits per heavy atom. The summed E-state index contributed by atoms with van der Waals surface area (Å²) in [7, 11) is 3.32. The smallest absolute Gasteiger partial charge is 0.337 e. The molecule has 24 heavy (non-hydrogen) atoms. The first-order valence-corrected chi connectivity index (χ1v) is 7.83. The van der Waals surface area contributed by atoms with Gasteiger partial charge < -0.3 is 20.7 Å². The van der Waals surface area contributed by atoms with Crippen LogP contribution in [-0.2, 0) is 4.74 Å². The van der Waals surface area contributed by atoms with E-state index in [9.17, 15) is 4.79 Å². The molecule has 3 N–H and O–H groups in total. The monoisotopic (exact) mass is 329 g/mol. The van der Waals surface area contributed by atoms with E-state index in [0.717, 1.165) is 25.1 Å². The number of carbonyl (C=O) groups is 1. The van der Waals surface area contributed by atoms with Crippen LogP contribution in [0, 0.1) is 0 Å². The van der Waals surface area contributed by atoms with Gasteiger partial charge in [-0.1, -0.05) is 13.3 Å². The van der Waals surface area contributed by atoms with Gasteiger partial charge in [-0.2, -0.15) is 0 Å². The van der Waals surface area contributed by atoms with E-state index in [2.05, 4.69) is 26.9 Å². The van der Waals surface area contributed by atoms with Crippen molar-refractivity contribution in [3.63, 3.8) is 0 Å². The molecule has 2 aromatic rings. The third-order valence-corrected chi connectivity index (χ3v) is 3.64. The highest BCUT2D eigenvalue weighted by molar-refractivity contribution is 5.90. The molecule has 0 aliphatic rings. The lowest BCUT2D eigenvalue weighted by Crippen LogP contribution is -2.21. The topological polar surface area (TPSA) is 93.4 Å². The predicted molar refractivity (Wildman–Crippen MR) is 95.7 cm³/mol. The maximum absolute atomic E-state index is 11.5. The van der Waals surface area contributed by atoms with E-state index in [1.54, 1.807) is 24.3 Å². The molecule has 1 aromatic heterocycles. The molecule has 0 unspecified atom stereocenters. The van der Waals surface area contributed by atoms with Gasteiger partial charge in [0.2, 0.25) is 0 Å². The van der Waals surface area contributed by atoms with E-state index < -0.39 is 0 Å². The van der Waals surface area contributed by atoms with E-state index in [-0.39, 0.29) is 5.97 Å². The summed E-state index contributed by atoms with van der Waals surface area (Å²) in [6.45, 7) is 3.02. The summed E-state index contributed by atoms with van der Waals surface area (Å²) < 4.78 is 4.68. The molecule has 0 bridgehead atoms. The third-order valence-electron chi connectivity index (χ3n) is 3.64. The molecule has 0 radical (unpaired) electrons. The Morgan fingerprint density at radius 3 is 2.62 bits per heavy atom. The van der Waals surface area contributed by atoms with Gasteiger partial charge in [-0.3, -0.25) is 0 Å². The Labute approximate surface area is 141 Å². The highest BCUT2D eigenvalue weighted by Crippen LogP contribution is 2.28. The highest BCUT2D eigenvalue weighted by Gasteiger charge is 2.12. The van der Waals surface area contributed by atoms with Crippen LogP contribution >= 0.6 is 0 Å². The number of benzene rings is 1. The maximum atomic E-state index is 11.5. The Kier molecular flexibility index (Phi) is 5.95. The van der Waals surface area contributed by atoms with Gasteiger partial charge in [0.15, 0.2) is 11.6 Å². The number of aromatic nitrogens is 2.